The fourth-order valence-corrected chi connectivity index (χ4v) is 2.20. The number of halogens is 3. The Labute approximate surface area is 116 Å². The number of methoxy groups -OCH3 is 1. The maximum absolute atomic E-state index is 13.0. The number of hydrogen-bond acceptors (Lipinski definition) is 3. The molecule has 1 aromatic rings. The Morgan fingerprint density at radius 3 is 2.35 bits per heavy atom. The van der Waals surface area contributed by atoms with E-state index in [2.05, 4.69) is 5.43 Å². The highest BCUT2D eigenvalue weighted by Crippen LogP contribution is 2.39. The monoisotopic (exact) mass is 286 g/mol. The van der Waals surface area contributed by atoms with Crippen LogP contribution in [0.15, 0.2) is 29.5 Å². The van der Waals surface area contributed by atoms with Gasteiger partial charge in [-0.2, -0.15) is 13.2 Å². The van der Waals surface area contributed by atoms with Gasteiger partial charge in [-0.15, -0.1) is 0 Å². The Balaban J connectivity index is 2.46. The molecular formula is C14H17F3N2O. The van der Waals surface area contributed by atoms with Crippen molar-refractivity contribution in [3.05, 3.63) is 35.0 Å². The lowest BCUT2D eigenvalue weighted by molar-refractivity contribution is -0.138. The predicted octanol–water partition coefficient (Wildman–Crippen LogP) is 3.72. The van der Waals surface area contributed by atoms with Gasteiger partial charge in [-0.1, -0.05) is 0 Å². The summed E-state index contributed by atoms with van der Waals surface area (Å²) in [6, 6.07) is 4.15. The van der Waals surface area contributed by atoms with Crippen LogP contribution in [0.5, 0.6) is 5.75 Å². The molecule has 1 unspecified atom stereocenters. The number of alkyl halides is 3. The van der Waals surface area contributed by atoms with E-state index in [4.69, 9.17) is 4.74 Å². The summed E-state index contributed by atoms with van der Waals surface area (Å²) in [6.45, 7) is 5.80. The molecule has 1 aliphatic heterocycles. The van der Waals surface area contributed by atoms with Crippen LogP contribution >= 0.6 is 0 Å². The molecule has 0 bridgehead atoms. The van der Waals surface area contributed by atoms with Gasteiger partial charge < -0.3 is 4.74 Å². The Hall–Kier alpha value is -1.69. The van der Waals surface area contributed by atoms with Gasteiger partial charge >= 0.3 is 6.18 Å². The fourth-order valence-electron chi connectivity index (χ4n) is 2.20. The quantitative estimate of drug-likeness (QED) is 0.896. The smallest absolute Gasteiger partial charge is 0.420 e. The van der Waals surface area contributed by atoms with Crippen LogP contribution in [-0.2, 0) is 6.18 Å². The molecule has 0 radical (unpaired) electrons. The molecule has 1 aliphatic rings. The summed E-state index contributed by atoms with van der Waals surface area (Å²) in [5.74, 6) is -0.174. The first kappa shape index (κ1) is 14.7. The number of hydrogen-bond donors (Lipinski definition) is 1. The van der Waals surface area contributed by atoms with Gasteiger partial charge in [-0.05, 0) is 44.5 Å². The molecule has 0 saturated carbocycles. The molecule has 0 fully saturated rings. The second kappa shape index (κ2) is 5.01. The maximum atomic E-state index is 13.0. The average Bonchev–Trinajstić information content (AvgIpc) is 2.65. The summed E-state index contributed by atoms with van der Waals surface area (Å²) >= 11 is 0. The van der Waals surface area contributed by atoms with Crippen LogP contribution < -0.4 is 15.2 Å². The van der Waals surface area contributed by atoms with Crippen LogP contribution in [0.4, 0.5) is 18.9 Å². The molecule has 0 spiro atoms. The molecule has 1 atom stereocenters. The van der Waals surface area contributed by atoms with Crippen LogP contribution in [0, 0.1) is 0 Å². The topological polar surface area (TPSA) is 24.5 Å². The van der Waals surface area contributed by atoms with E-state index in [-0.39, 0.29) is 11.8 Å². The van der Waals surface area contributed by atoms with E-state index in [0.717, 1.165) is 17.3 Å². The van der Waals surface area contributed by atoms with Crippen molar-refractivity contribution in [2.45, 2.75) is 33.0 Å². The van der Waals surface area contributed by atoms with Crippen molar-refractivity contribution in [3.8, 4) is 5.75 Å². The van der Waals surface area contributed by atoms with E-state index in [1.807, 2.05) is 20.8 Å². The summed E-state index contributed by atoms with van der Waals surface area (Å²) in [7, 11) is 1.23. The highest BCUT2D eigenvalue weighted by molar-refractivity contribution is 5.58. The van der Waals surface area contributed by atoms with Crippen molar-refractivity contribution < 1.29 is 17.9 Å². The predicted molar refractivity (Wildman–Crippen MR) is 71.4 cm³/mol. The van der Waals surface area contributed by atoms with Crippen LogP contribution in [0.1, 0.15) is 26.3 Å². The van der Waals surface area contributed by atoms with Gasteiger partial charge in [0.05, 0.1) is 18.4 Å². The van der Waals surface area contributed by atoms with Crippen molar-refractivity contribution in [1.82, 2.24) is 5.43 Å². The van der Waals surface area contributed by atoms with Crippen LogP contribution in [0.25, 0.3) is 0 Å². The van der Waals surface area contributed by atoms with Gasteiger partial charge in [-0.3, -0.25) is 5.01 Å². The molecule has 1 heterocycles. The van der Waals surface area contributed by atoms with Gasteiger partial charge in [0.1, 0.15) is 5.75 Å². The summed E-state index contributed by atoms with van der Waals surface area (Å²) < 4.78 is 43.9. The molecule has 3 nitrogen and oxygen atoms in total. The van der Waals surface area contributed by atoms with E-state index in [1.54, 1.807) is 11.1 Å². The minimum Gasteiger partial charge on any atom is -0.496 e. The van der Waals surface area contributed by atoms with Gasteiger partial charge in [0.25, 0.3) is 0 Å². The van der Waals surface area contributed by atoms with Crippen molar-refractivity contribution in [1.29, 1.82) is 0 Å². The SMILES string of the molecule is COc1ccc(N2NC(C)C(C)=C2C)cc1C(F)(F)F. The number of hydrazine groups is 1. The molecule has 20 heavy (non-hydrogen) atoms. The van der Waals surface area contributed by atoms with Gasteiger partial charge in [0.2, 0.25) is 0 Å². The molecule has 1 N–H and O–H groups in total. The van der Waals surface area contributed by atoms with Gasteiger partial charge in [-0.25, -0.2) is 5.43 Å². The first-order valence-electron chi connectivity index (χ1n) is 6.24. The molecule has 0 amide bonds. The number of ether oxygens (including phenoxy) is 1. The minimum absolute atomic E-state index is 0.103. The highest BCUT2D eigenvalue weighted by Gasteiger charge is 2.35. The zero-order valence-corrected chi connectivity index (χ0v) is 11.8. The molecule has 0 aromatic heterocycles. The highest BCUT2D eigenvalue weighted by atomic mass is 19.4. The zero-order valence-electron chi connectivity index (χ0n) is 11.8. The van der Waals surface area contributed by atoms with Crippen LogP contribution in [-0.4, -0.2) is 13.2 Å². The standard InChI is InChI=1S/C14H17F3N2O/c1-8-9(2)18-19(10(8)3)11-5-6-13(20-4)12(7-11)14(15,16)17/h5-7,9,18H,1-4H3. The lowest BCUT2D eigenvalue weighted by atomic mass is 10.1. The number of nitrogens with zero attached hydrogens (tertiary/aromatic N) is 1. The fraction of sp³-hybridized carbons (Fsp3) is 0.429. The second-order valence-corrected chi connectivity index (χ2v) is 4.84. The Morgan fingerprint density at radius 2 is 1.90 bits per heavy atom. The molecular weight excluding hydrogens is 269 g/mol. The summed E-state index contributed by atoms with van der Waals surface area (Å²) in [5, 5.41) is 1.68. The van der Waals surface area contributed by atoms with Crippen LogP contribution in [0.2, 0.25) is 0 Å². The Morgan fingerprint density at radius 1 is 1.25 bits per heavy atom. The molecule has 110 valence electrons. The average molecular weight is 286 g/mol. The normalized spacial score (nSPS) is 19.8. The third kappa shape index (κ3) is 2.47. The molecule has 2 rings (SSSR count). The number of nitrogens with one attached hydrogen (secondary N) is 1. The third-order valence-electron chi connectivity index (χ3n) is 3.63. The number of anilines is 1. The van der Waals surface area contributed by atoms with E-state index >= 15 is 0 Å². The number of benzene rings is 1. The maximum Gasteiger partial charge on any atom is 0.420 e. The Kier molecular flexibility index (Phi) is 3.69. The van der Waals surface area contributed by atoms with Gasteiger partial charge in [0.15, 0.2) is 0 Å². The second-order valence-electron chi connectivity index (χ2n) is 4.84. The zero-order chi connectivity index (χ0) is 15.1. The summed E-state index contributed by atoms with van der Waals surface area (Å²) in [5.41, 5.74) is 4.83. The lowest BCUT2D eigenvalue weighted by Crippen LogP contribution is -2.35. The lowest BCUT2D eigenvalue weighted by Gasteiger charge is -2.23. The van der Waals surface area contributed by atoms with Crippen molar-refractivity contribution in [2.75, 3.05) is 12.1 Å². The van der Waals surface area contributed by atoms with Crippen molar-refractivity contribution >= 4 is 5.69 Å². The van der Waals surface area contributed by atoms with E-state index < -0.39 is 11.7 Å². The van der Waals surface area contributed by atoms with Gasteiger partial charge in [0, 0.05) is 11.7 Å². The third-order valence-corrected chi connectivity index (χ3v) is 3.63. The largest absolute Gasteiger partial charge is 0.496 e. The van der Waals surface area contributed by atoms with E-state index in [1.165, 1.54) is 13.2 Å². The van der Waals surface area contributed by atoms with Crippen molar-refractivity contribution in [2.24, 2.45) is 0 Å². The van der Waals surface area contributed by atoms with E-state index in [9.17, 15) is 13.2 Å². The summed E-state index contributed by atoms with van der Waals surface area (Å²) in [6.07, 6.45) is -4.45. The molecule has 6 heteroatoms. The van der Waals surface area contributed by atoms with Crippen LogP contribution in [0.3, 0.4) is 0 Å². The number of allylic oxidation sites excluding steroid dienone is 1. The van der Waals surface area contributed by atoms with Crippen molar-refractivity contribution in [3.63, 3.8) is 0 Å². The number of rotatable bonds is 2. The first-order chi connectivity index (χ1) is 9.25. The molecule has 1 aromatic carbocycles. The summed E-state index contributed by atoms with van der Waals surface area (Å²) in [4.78, 5) is 0. The first-order valence-corrected chi connectivity index (χ1v) is 6.24. The molecule has 0 saturated heterocycles. The Bertz CT molecular complexity index is 552. The van der Waals surface area contributed by atoms with E-state index in [0.29, 0.717) is 5.69 Å². The molecule has 0 aliphatic carbocycles. The minimum atomic E-state index is -4.45.